The Hall–Kier alpha value is -2.74. The SMILES string of the molecule is CS(=O)(=O)C1CCCCN(C(=O)c2cc(CN=[N+]=[N-])cc(N=[N+]=[N-])c2)C1. The first-order chi connectivity index (χ1) is 12.3. The molecule has 11 heteroatoms. The van der Waals surface area contributed by atoms with E-state index in [9.17, 15) is 13.2 Å². The second-order valence-corrected chi connectivity index (χ2v) is 8.49. The number of amides is 1. The predicted octanol–water partition coefficient (Wildman–Crippen LogP) is 3.48. The average molecular weight is 377 g/mol. The fraction of sp³-hybridized carbons (Fsp3) is 0.533. The minimum Gasteiger partial charge on any atom is -0.337 e. The molecule has 1 aromatic rings. The molecule has 1 amide bonds. The number of benzene rings is 1. The van der Waals surface area contributed by atoms with Crippen LogP contribution in [0.15, 0.2) is 28.4 Å². The van der Waals surface area contributed by atoms with Crippen molar-refractivity contribution in [1.82, 2.24) is 4.90 Å². The number of carbonyl (C=O) groups excluding carboxylic acids is 1. The van der Waals surface area contributed by atoms with Gasteiger partial charge >= 0.3 is 0 Å². The van der Waals surface area contributed by atoms with E-state index in [1.807, 2.05) is 0 Å². The normalized spacial score (nSPS) is 17.6. The molecule has 0 radical (unpaired) electrons. The number of rotatable bonds is 5. The van der Waals surface area contributed by atoms with Crippen LogP contribution in [-0.4, -0.2) is 43.8 Å². The maximum atomic E-state index is 12.9. The zero-order valence-electron chi connectivity index (χ0n) is 14.3. The summed E-state index contributed by atoms with van der Waals surface area (Å²) in [5.41, 5.74) is 18.1. The van der Waals surface area contributed by atoms with E-state index in [2.05, 4.69) is 20.1 Å². The summed E-state index contributed by atoms with van der Waals surface area (Å²) >= 11 is 0. The summed E-state index contributed by atoms with van der Waals surface area (Å²) in [5, 5.41) is 6.39. The van der Waals surface area contributed by atoms with Gasteiger partial charge in [-0.25, -0.2) is 8.42 Å². The third kappa shape index (κ3) is 5.13. The quantitative estimate of drug-likeness (QED) is 0.438. The standard InChI is InChI=1S/C15H19N7O3S/c1-26(24,25)14-4-2-3-5-22(10-14)15(23)12-6-11(9-18-20-16)7-13(8-12)19-21-17/h6-8,14H,2-5,9-10H2,1H3. The summed E-state index contributed by atoms with van der Waals surface area (Å²) < 4.78 is 23.8. The van der Waals surface area contributed by atoms with Crippen LogP contribution < -0.4 is 0 Å². The smallest absolute Gasteiger partial charge is 0.253 e. The number of azide groups is 2. The van der Waals surface area contributed by atoms with Crippen LogP contribution >= 0.6 is 0 Å². The molecule has 1 aliphatic rings. The molecular weight excluding hydrogens is 358 g/mol. The van der Waals surface area contributed by atoms with Gasteiger partial charge in [-0.05, 0) is 47.7 Å². The Morgan fingerprint density at radius 2 is 2.04 bits per heavy atom. The third-order valence-corrected chi connectivity index (χ3v) is 5.82. The van der Waals surface area contributed by atoms with E-state index in [0.29, 0.717) is 18.5 Å². The van der Waals surface area contributed by atoms with Gasteiger partial charge in [-0.3, -0.25) is 4.79 Å². The van der Waals surface area contributed by atoms with Crippen molar-refractivity contribution in [2.45, 2.75) is 31.1 Å². The molecule has 10 nitrogen and oxygen atoms in total. The van der Waals surface area contributed by atoms with E-state index < -0.39 is 15.1 Å². The molecule has 0 N–H and O–H groups in total. The second kappa shape index (κ2) is 8.57. The van der Waals surface area contributed by atoms with Gasteiger partial charge in [-0.2, -0.15) is 0 Å². The van der Waals surface area contributed by atoms with E-state index in [0.717, 1.165) is 12.8 Å². The van der Waals surface area contributed by atoms with E-state index in [4.69, 9.17) is 11.1 Å². The maximum absolute atomic E-state index is 12.9. The van der Waals surface area contributed by atoms with E-state index in [1.54, 1.807) is 6.07 Å². The number of likely N-dealkylation sites (tertiary alicyclic amines) is 1. The van der Waals surface area contributed by atoms with Crippen molar-refractivity contribution < 1.29 is 13.2 Å². The Morgan fingerprint density at radius 1 is 1.27 bits per heavy atom. The van der Waals surface area contributed by atoms with Crippen molar-refractivity contribution in [3.63, 3.8) is 0 Å². The monoisotopic (exact) mass is 377 g/mol. The molecule has 1 aromatic carbocycles. The van der Waals surface area contributed by atoms with Gasteiger partial charge in [0.05, 0.1) is 11.8 Å². The average Bonchev–Trinajstić information content (AvgIpc) is 2.85. The molecule has 0 saturated carbocycles. The van der Waals surface area contributed by atoms with Gasteiger partial charge in [-0.1, -0.05) is 16.6 Å². The van der Waals surface area contributed by atoms with E-state index in [-0.39, 0.29) is 30.2 Å². The first kappa shape index (κ1) is 19.6. The summed E-state index contributed by atoms with van der Waals surface area (Å²) in [4.78, 5) is 19.8. The van der Waals surface area contributed by atoms with Crippen molar-refractivity contribution in [3.8, 4) is 0 Å². The molecule has 26 heavy (non-hydrogen) atoms. The number of hydrogen-bond donors (Lipinski definition) is 0. The summed E-state index contributed by atoms with van der Waals surface area (Å²) in [6.45, 7) is 0.606. The number of carbonyl (C=O) groups is 1. The van der Waals surface area contributed by atoms with Crippen LogP contribution in [0.1, 0.15) is 35.2 Å². The Kier molecular flexibility index (Phi) is 6.46. The van der Waals surface area contributed by atoms with Gasteiger partial charge in [-0.15, -0.1) is 0 Å². The van der Waals surface area contributed by atoms with Crippen molar-refractivity contribution in [1.29, 1.82) is 0 Å². The van der Waals surface area contributed by atoms with Gasteiger partial charge in [0.25, 0.3) is 5.91 Å². The molecule has 0 aromatic heterocycles. The first-order valence-corrected chi connectivity index (χ1v) is 9.98. The maximum Gasteiger partial charge on any atom is 0.253 e. The van der Waals surface area contributed by atoms with Crippen LogP contribution in [0.5, 0.6) is 0 Å². The van der Waals surface area contributed by atoms with Gasteiger partial charge in [0.1, 0.15) is 0 Å². The minimum atomic E-state index is -3.25. The van der Waals surface area contributed by atoms with Crippen molar-refractivity contribution in [2.75, 3.05) is 19.3 Å². The fourth-order valence-corrected chi connectivity index (χ4v) is 3.98. The summed E-state index contributed by atoms with van der Waals surface area (Å²) in [6.07, 6.45) is 3.18. The van der Waals surface area contributed by atoms with Crippen molar-refractivity contribution >= 4 is 21.4 Å². The lowest BCUT2D eigenvalue weighted by atomic mass is 10.1. The van der Waals surface area contributed by atoms with Gasteiger partial charge < -0.3 is 4.90 Å². The van der Waals surface area contributed by atoms with Gasteiger partial charge in [0.15, 0.2) is 9.84 Å². The third-order valence-electron chi connectivity index (χ3n) is 4.22. The Balaban J connectivity index is 2.35. The first-order valence-electron chi connectivity index (χ1n) is 8.03. The fourth-order valence-electron chi connectivity index (χ4n) is 2.93. The van der Waals surface area contributed by atoms with Crippen molar-refractivity contribution in [2.24, 2.45) is 10.2 Å². The zero-order valence-corrected chi connectivity index (χ0v) is 15.1. The molecule has 0 aliphatic carbocycles. The topological polar surface area (TPSA) is 152 Å². The number of hydrogen-bond acceptors (Lipinski definition) is 5. The molecule has 1 saturated heterocycles. The molecule has 138 valence electrons. The second-order valence-electron chi connectivity index (χ2n) is 6.17. The molecule has 0 bridgehead atoms. The summed E-state index contributed by atoms with van der Waals surface area (Å²) in [6, 6.07) is 4.54. The van der Waals surface area contributed by atoms with Crippen LogP contribution in [0.2, 0.25) is 0 Å². The van der Waals surface area contributed by atoms with Crippen molar-refractivity contribution in [3.05, 3.63) is 50.2 Å². The zero-order chi connectivity index (χ0) is 19.2. The molecule has 1 aliphatic heterocycles. The molecule has 0 spiro atoms. The van der Waals surface area contributed by atoms with E-state index >= 15 is 0 Å². The summed E-state index contributed by atoms with van der Waals surface area (Å²) in [7, 11) is -3.25. The van der Waals surface area contributed by atoms with Crippen LogP contribution in [0.4, 0.5) is 5.69 Å². The highest BCUT2D eigenvalue weighted by Gasteiger charge is 2.29. The highest BCUT2D eigenvalue weighted by Crippen LogP contribution is 2.23. The lowest BCUT2D eigenvalue weighted by Crippen LogP contribution is -2.39. The van der Waals surface area contributed by atoms with Crippen LogP contribution in [0.3, 0.4) is 0 Å². The molecular formula is C15H19N7O3S. The predicted molar refractivity (Wildman–Crippen MR) is 96.5 cm³/mol. The number of sulfone groups is 1. The molecule has 1 atom stereocenters. The van der Waals surface area contributed by atoms with Gasteiger partial charge in [0.2, 0.25) is 0 Å². The van der Waals surface area contributed by atoms with Crippen LogP contribution in [0, 0.1) is 0 Å². The van der Waals surface area contributed by atoms with Crippen LogP contribution in [0.25, 0.3) is 20.9 Å². The molecule has 1 heterocycles. The minimum absolute atomic E-state index is 0.0114. The number of nitrogens with zero attached hydrogens (tertiary/aromatic N) is 7. The Bertz CT molecular complexity index is 887. The van der Waals surface area contributed by atoms with Gasteiger partial charge in [0, 0.05) is 40.4 Å². The lowest BCUT2D eigenvalue weighted by molar-refractivity contribution is 0.0762. The van der Waals surface area contributed by atoms with Crippen LogP contribution in [-0.2, 0) is 16.4 Å². The Labute approximate surface area is 151 Å². The molecule has 1 unspecified atom stereocenters. The lowest BCUT2D eigenvalue weighted by Gasteiger charge is -2.24. The molecule has 2 rings (SSSR count). The Morgan fingerprint density at radius 3 is 2.69 bits per heavy atom. The molecule has 1 fully saturated rings. The summed E-state index contributed by atoms with van der Waals surface area (Å²) in [5.74, 6) is -0.335. The largest absolute Gasteiger partial charge is 0.337 e. The highest BCUT2D eigenvalue weighted by atomic mass is 32.2. The highest BCUT2D eigenvalue weighted by molar-refractivity contribution is 7.91. The van der Waals surface area contributed by atoms with E-state index in [1.165, 1.54) is 23.3 Å².